The van der Waals surface area contributed by atoms with Crippen LogP contribution in [-0.4, -0.2) is 44.9 Å². The SMILES string of the molecule is CNC(CN(C)c1ccccc1OC)C(=O)O. The van der Waals surface area contributed by atoms with Crippen LogP contribution in [0.3, 0.4) is 0 Å². The van der Waals surface area contributed by atoms with E-state index in [9.17, 15) is 4.79 Å². The number of nitrogens with one attached hydrogen (secondary N) is 1. The van der Waals surface area contributed by atoms with Crippen LogP contribution >= 0.6 is 0 Å². The first-order valence-corrected chi connectivity index (χ1v) is 5.34. The molecule has 2 N–H and O–H groups in total. The second-order valence-corrected chi connectivity index (χ2v) is 3.73. The van der Waals surface area contributed by atoms with Crippen LogP contribution in [0.25, 0.3) is 0 Å². The lowest BCUT2D eigenvalue weighted by Crippen LogP contribution is -2.43. The number of hydrogen-bond acceptors (Lipinski definition) is 4. The summed E-state index contributed by atoms with van der Waals surface area (Å²) in [7, 11) is 5.07. The topological polar surface area (TPSA) is 61.8 Å². The van der Waals surface area contributed by atoms with Crippen LogP contribution in [0, 0.1) is 0 Å². The van der Waals surface area contributed by atoms with E-state index >= 15 is 0 Å². The third-order valence-electron chi connectivity index (χ3n) is 2.60. The molecule has 17 heavy (non-hydrogen) atoms. The van der Waals surface area contributed by atoms with Crippen molar-refractivity contribution in [3.63, 3.8) is 0 Å². The molecule has 1 aromatic carbocycles. The zero-order valence-corrected chi connectivity index (χ0v) is 10.3. The van der Waals surface area contributed by atoms with Crippen molar-refractivity contribution in [2.75, 3.05) is 32.6 Å². The number of carboxylic acid groups (broad SMARTS) is 1. The van der Waals surface area contributed by atoms with Gasteiger partial charge in [-0.2, -0.15) is 0 Å². The highest BCUT2D eigenvalue weighted by Gasteiger charge is 2.18. The fourth-order valence-electron chi connectivity index (χ4n) is 1.61. The van der Waals surface area contributed by atoms with Gasteiger partial charge in [-0.05, 0) is 19.2 Å². The van der Waals surface area contributed by atoms with E-state index in [0.717, 1.165) is 11.4 Å². The summed E-state index contributed by atoms with van der Waals surface area (Å²) in [4.78, 5) is 12.8. The van der Waals surface area contributed by atoms with Crippen molar-refractivity contribution >= 4 is 11.7 Å². The first-order valence-electron chi connectivity index (χ1n) is 5.34. The number of para-hydroxylation sites is 2. The summed E-state index contributed by atoms with van der Waals surface area (Å²) in [5.74, 6) is -0.135. The molecule has 5 nitrogen and oxygen atoms in total. The van der Waals surface area contributed by atoms with Crippen molar-refractivity contribution in [2.45, 2.75) is 6.04 Å². The van der Waals surface area contributed by atoms with E-state index in [1.54, 1.807) is 14.2 Å². The predicted octanol–water partition coefficient (Wildman–Crippen LogP) is 0.804. The van der Waals surface area contributed by atoms with Gasteiger partial charge in [0.05, 0.1) is 12.8 Å². The maximum Gasteiger partial charge on any atom is 0.322 e. The maximum absolute atomic E-state index is 10.9. The van der Waals surface area contributed by atoms with E-state index in [1.165, 1.54) is 0 Å². The largest absolute Gasteiger partial charge is 0.495 e. The molecule has 0 aliphatic rings. The number of methoxy groups -OCH3 is 1. The van der Waals surface area contributed by atoms with Crippen molar-refractivity contribution in [1.82, 2.24) is 5.32 Å². The third kappa shape index (κ3) is 3.35. The van der Waals surface area contributed by atoms with E-state index in [0.29, 0.717) is 6.54 Å². The maximum atomic E-state index is 10.9. The van der Waals surface area contributed by atoms with Gasteiger partial charge < -0.3 is 20.1 Å². The van der Waals surface area contributed by atoms with Crippen molar-refractivity contribution in [2.24, 2.45) is 0 Å². The van der Waals surface area contributed by atoms with Gasteiger partial charge in [-0.3, -0.25) is 4.79 Å². The number of anilines is 1. The summed E-state index contributed by atoms with van der Waals surface area (Å²) in [6, 6.07) is 6.91. The molecule has 94 valence electrons. The number of carbonyl (C=O) groups is 1. The summed E-state index contributed by atoms with van der Waals surface area (Å²) in [6.45, 7) is 0.367. The molecule has 1 atom stereocenters. The first-order chi connectivity index (χ1) is 8.10. The number of rotatable bonds is 6. The monoisotopic (exact) mass is 238 g/mol. The minimum absolute atomic E-state index is 0.367. The highest BCUT2D eigenvalue weighted by atomic mass is 16.5. The Morgan fingerprint density at radius 3 is 2.71 bits per heavy atom. The zero-order valence-electron chi connectivity index (χ0n) is 10.3. The van der Waals surface area contributed by atoms with Gasteiger partial charge in [-0.1, -0.05) is 12.1 Å². The minimum atomic E-state index is -0.866. The van der Waals surface area contributed by atoms with E-state index in [1.807, 2.05) is 36.2 Å². The smallest absolute Gasteiger partial charge is 0.322 e. The van der Waals surface area contributed by atoms with Gasteiger partial charge in [0, 0.05) is 13.6 Å². The molecule has 0 amide bonds. The van der Waals surface area contributed by atoms with Crippen LogP contribution in [0.5, 0.6) is 5.75 Å². The lowest BCUT2D eigenvalue weighted by atomic mass is 10.2. The van der Waals surface area contributed by atoms with E-state index in [-0.39, 0.29) is 0 Å². The van der Waals surface area contributed by atoms with Crippen molar-refractivity contribution in [3.8, 4) is 5.75 Å². The molecule has 0 fully saturated rings. The van der Waals surface area contributed by atoms with E-state index < -0.39 is 12.0 Å². The highest BCUT2D eigenvalue weighted by Crippen LogP contribution is 2.26. The number of ether oxygens (including phenoxy) is 1. The molecule has 1 rings (SSSR count). The summed E-state index contributed by atoms with van der Waals surface area (Å²) >= 11 is 0. The van der Waals surface area contributed by atoms with Crippen LogP contribution in [-0.2, 0) is 4.79 Å². The minimum Gasteiger partial charge on any atom is -0.495 e. The number of carboxylic acids is 1. The summed E-state index contributed by atoms with van der Waals surface area (Å²) < 4.78 is 5.23. The molecule has 0 heterocycles. The van der Waals surface area contributed by atoms with Gasteiger partial charge >= 0.3 is 5.97 Å². The molecule has 0 aromatic heterocycles. The molecular formula is C12H18N2O3. The number of aliphatic carboxylic acids is 1. The second-order valence-electron chi connectivity index (χ2n) is 3.73. The molecule has 0 aliphatic carbocycles. The van der Waals surface area contributed by atoms with Gasteiger partial charge in [0.2, 0.25) is 0 Å². The second kappa shape index (κ2) is 6.10. The van der Waals surface area contributed by atoms with E-state index in [2.05, 4.69) is 5.32 Å². The molecular weight excluding hydrogens is 220 g/mol. The Morgan fingerprint density at radius 1 is 1.53 bits per heavy atom. The van der Waals surface area contributed by atoms with Gasteiger partial charge in [0.15, 0.2) is 0 Å². The quantitative estimate of drug-likeness (QED) is 0.767. The fraction of sp³-hybridized carbons (Fsp3) is 0.417. The number of nitrogens with zero attached hydrogens (tertiary/aromatic N) is 1. The molecule has 0 aliphatic heterocycles. The molecule has 1 unspecified atom stereocenters. The Hall–Kier alpha value is -1.75. The lowest BCUT2D eigenvalue weighted by molar-refractivity contribution is -0.139. The average Bonchev–Trinajstić information content (AvgIpc) is 2.35. The summed E-state index contributed by atoms with van der Waals surface area (Å²) in [6.07, 6.45) is 0. The molecule has 0 saturated heterocycles. The van der Waals surface area contributed by atoms with Crippen molar-refractivity contribution in [3.05, 3.63) is 24.3 Å². The average molecular weight is 238 g/mol. The Balaban J connectivity index is 2.81. The number of hydrogen-bond donors (Lipinski definition) is 2. The highest BCUT2D eigenvalue weighted by molar-refractivity contribution is 5.74. The molecule has 0 bridgehead atoms. The lowest BCUT2D eigenvalue weighted by Gasteiger charge is -2.24. The van der Waals surface area contributed by atoms with Gasteiger partial charge in [0.25, 0.3) is 0 Å². The normalized spacial score (nSPS) is 11.9. The third-order valence-corrected chi connectivity index (χ3v) is 2.60. The number of likely N-dealkylation sites (N-methyl/N-ethyl adjacent to an activating group) is 2. The van der Waals surface area contributed by atoms with Crippen molar-refractivity contribution in [1.29, 1.82) is 0 Å². The molecule has 0 saturated carbocycles. The number of benzene rings is 1. The Kier molecular flexibility index (Phi) is 4.78. The standard InChI is InChI=1S/C12H18N2O3/c1-13-9(12(15)16)8-14(2)10-6-4-5-7-11(10)17-3/h4-7,9,13H,8H2,1-3H3,(H,15,16). The van der Waals surface area contributed by atoms with Crippen LogP contribution in [0.2, 0.25) is 0 Å². The molecule has 1 aromatic rings. The van der Waals surface area contributed by atoms with Gasteiger partial charge in [-0.15, -0.1) is 0 Å². The van der Waals surface area contributed by atoms with Crippen molar-refractivity contribution < 1.29 is 14.6 Å². The van der Waals surface area contributed by atoms with Crippen LogP contribution in [0.4, 0.5) is 5.69 Å². The Bertz CT molecular complexity index is 382. The van der Waals surface area contributed by atoms with Crippen LogP contribution < -0.4 is 15.0 Å². The van der Waals surface area contributed by atoms with Gasteiger partial charge in [-0.25, -0.2) is 0 Å². The van der Waals surface area contributed by atoms with Gasteiger partial charge in [0.1, 0.15) is 11.8 Å². The fourth-order valence-corrected chi connectivity index (χ4v) is 1.61. The summed E-state index contributed by atoms with van der Waals surface area (Å²) in [5.41, 5.74) is 0.872. The molecule has 5 heteroatoms. The van der Waals surface area contributed by atoms with Crippen LogP contribution in [0.15, 0.2) is 24.3 Å². The molecule has 0 radical (unpaired) electrons. The molecule has 0 spiro atoms. The zero-order chi connectivity index (χ0) is 12.8. The Labute approximate surface area is 101 Å². The van der Waals surface area contributed by atoms with E-state index in [4.69, 9.17) is 9.84 Å². The summed E-state index contributed by atoms with van der Waals surface area (Å²) in [5, 5.41) is 11.7. The Morgan fingerprint density at radius 2 is 2.18 bits per heavy atom. The predicted molar refractivity (Wildman–Crippen MR) is 66.7 cm³/mol. The van der Waals surface area contributed by atoms with Crippen LogP contribution in [0.1, 0.15) is 0 Å². The first kappa shape index (κ1) is 13.3.